The van der Waals surface area contributed by atoms with Gasteiger partial charge in [0.1, 0.15) is 11.3 Å². The quantitative estimate of drug-likeness (QED) is 0.611. The lowest BCUT2D eigenvalue weighted by Crippen LogP contribution is -2.59. The van der Waals surface area contributed by atoms with Crippen molar-refractivity contribution < 1.29 is 19.1 Å². The lowest BCUT2D eigenvalue weighted by atomic mass is 9.95. The van der Waals surface area contributed by atoms with E-state index in [0.29, 0.717) is 6.54 Å². The number of carbonyl (C=O) groups excluding carboxylic acids is 3. The Morgan fingerprint density at radius 2 is 1.86 bits per heavy atom. The Kier molecular flexibility index (Phi) is 5.25. The number of nitrogens with zero attached hydrogens (tertiary/aromatic N) is 3. The minimum atomic E-state index is -1.19. The van der Waals surface area contributed by atoms with Crippen molar-refractivity contribution in [2.24, 2.45) is 5.10 Å². The third kappa shape index (κ3) is 3.64. The molecule has 1 aromatic rings. The maximum absolute atomic E-state index is 13.4. The Bertz CT molecular complexity index is 821. The van der Waals surface area contributed by atoms with E-state index in [9.17, 15) is 14.4 Å². The standard InChI is InChI=1S/C20H26N4O4/c1-5-28-17(26)15-11-20(4,22-21-15)18(27)24-16(25)12-19(2,3)23(24)13-14-9-7-6-8-10-14/h6-10,22H,5,11-13H2,1-4H3/t20-/m1/s1. The van der Waals surface area contributed by atoms with Gasteiger partial charge in [-0.2, -0.15) is 5.10 Å². The van der Waals surface area contributed by atoms with E-state index < -0.39 is 23.0 Å². The molecule has 1 saturated heterocycles. The average molecular weight is 386 g/mol. The predicted octanol–water partition coefficient (Wildman–Crippen LogP) is 1.61. The number of hydrogen-bond acceptors (Lipinski definition) is 7. The van der Waals surface area contributed by atoms with Gasteiger partial charge in [-0.05, 0) is 33.3 Å². The van der Waals surface area contributed by atoms with Crippen molar-refractivity contribution in [3.8, 4) is 0 Å². The number of nitrogens with one attached hydrogen (secondary N) is 1. The summed E-state index contributed by atoms with van der Waals surface area (Å²) in [5.41, 5.74) is 2.20. The number of rotatable bonds is 5. The molecule has 1 atom stereocenters. The Hall–Kier alpha value is -2.74. The number of benzene rings is 1. The summed E-state index contributed by atoms with van der Waals surface area (Å²) in [4.78, 5) is 38.1. The fourth-order valence-electron chi connectivity index (χ4n) is 3.50. The molecule has 2 amide bonds. The topological polar surface area (TPSA) is 91.3 Å². The first-order valence-electron chi connectivity index (χ1n) is 9.37. The molecule has 1 aromatic carbocycles. The zero-order valence-corrected chi connectivity index (χ0v) is 16.7. The molecule has 3 rings (SSSR count). The van der Waals surface area contributed by atoms with Gasteiger partial charge in [0.05, 0.1) is 6.61 Å². The number of hydrogen-bond donors (Lipinski definition) is 1. The zero-order valence-electron chi connectivity index (χ0n) is 16.7. The Morgan fingerprint density at radius 3 is 2.50 bits per heavy atom. The minimum absolute atomic E-state index is 0.0635. The first kappa shape index (κ1) is 20.0. The van der Waals surface area contributed by atoms with Crippen molar-refractivity contribution in [1.29, 1.82) is 0 Å². The summed E-state index contributed by atoms with van der Waals surface area (Å²) in [5.74, 6) is -1.25. The molecule has 8 heteroatoms. The number of ether oxygens (including phenoxy) is 1. The minimum Gasteiger partial charge on any atom is -0.461 e. The summed E-state index contributed by atoms with van der Waals surface area (Å²) in [7, 11) is 0. The lowest BCUT2D eigenvalue weighted by Gasteiger charge is -2.38. The normalized spacial score (nSPS) is 24.1. The summed E-state index contributed by atoms with van der Waals surface area (Å²) in [6.45, 7) is 7.87. The van der Waals surface area contributed by atoms with E-state index >= 15 is 0 Å². The molecule has 2 aliphatic heterocycles. The molecule has 2 heterocycles. The van der Waals surface area contributed by atoms with Crippen molar-refractivity contribution in [1.82, 2.24) is 15.4 Å². The molecular weight excluding hydrogens is 360 g/mol. The van der Waals surface area contributed by atoms with Crippen LogP contribution in [0.5, 0.6) is 0 Å². The molecule has 1 fully saturated rings. The van der Waals surface area contributed by atoms with E-state index in [1.807, 2.05) is 44.2 Å². The van der Waals surface area contributed by atoms with Crippen LogP contribution in [0.4, 0.5) is 0 Å². The van der Waals surface area contributed by atoms with Crippen LogP contribution in [0.15, 0.2) is 35.4 Å². The third-order valence-electron chi connectivity index (χ3n) is 5.07. The highest BCUT2D eigenvalue weighted by molar-refractivity contribution is 6.37. The van der Waals surface area contributed by atoms with Crippen LogP contribution in [0.25, 0.3) is 0 Å². The first-order chi connectivity index (χ1) is 13.2. The van der Waals surface area contributed by atoms with Gasteiger partial charge < -0.3 is 4.74 Å². The Morgan fingerprint density at radius 1 is 1.18 bits per heavy atom. The number of hydrazine groups is 1. The van der Waals surface area contributed by atoms with E-state index in [2.05, 4.69) is 10.5 Å². The van der Waals surface area contributed by atoms with Crippen LogP contribution in [0, 0.1) is 0 Å². The van der Waals surface area contributed by atoms with Gasteiger partial charge in [-0.15, -0.1) is 0 Å². The highest BCUT2D eigenvalue weighted by Crippen LogP contribution is 2.34. The molecule has 0 radical (unpaired) electrons. The van der Waals surface area contributed by atoms with Crippen LogP contribution in [0.3, 0.4) is 0 Å². The monoisotopic (exact) mass is 386 g/mol. The van der Waals surface area contributed by atoms with Crippen LogP contribution in [0.2, 0.25) is 0 Å². The SMILES string of the molecule is CCOC(=O)C1=NN[C@@](C)(C(=O)N2C(=O)CC(C)(C)N2Cc2ccccc2)C1. The first-order valence-corrected chi connectivity index (χ1v) is 9.37. The van der Waals surface area contributed by atoms with E-state index in [-0.39, 0.29) is 31.1 Å². The van der Waals surface area contributed by atoms with Gasteiger partial charge in [0.15, 0.2) is 0 Å². The van der Waals surface area contributed by atoms with Crippen molar-refractivity contribution in [3.63, 3.8) is 0 Å². The van der Waals surface area contributed by atoms with E-state index in [4.69, 9.17) is 4.74 Å². The van der Waals surface area contributed by atoms with Crippen LogP contribution in [0.1, 0.15) is 46.1 Å². The molecule has 0 saturated carbocycles. The van der Waals surface area contributed by atoms with Gasteiger partial charge in [0.25, 0.3) is 5.91 Å². The van der Waals surface area contributed by atoms with Crippen LogP contribution in [-0.4, -0.2) is 51.2 Å². The van der Waals surface area contributed by atoms with Crippen LogP contribution < -0.4 is 5.43 Å². The van der Waals surface area contributed by atoms with Gasteiger partial charge in [-0.25, -0.2) is 14.8 Å². The predicted molar refractivity (Wildman–Crippen MR) is 103 cm³/mol. The van der Waals surface area contributed by atoms with Crippen LogP contribution >= 0.6 is 0 Å². The molecule has 8 nitrogen and oxygen atoms in total. The second-order valence-corrected chi connectivity index (χ2v) is 7.94. The molecule has 0 aromatic heterocycles. The second kappa shape index (κ2) is 7.35. The number of amides is 2. The summed E-state index contributed by atoms with van der Waals surface area (Å²) in [5, 5.41) is 6.99. The fraction of sp³-hybridized carbons (Fsp3) is 0.500. The van der Waals surface area contributed by atoms with Gasteiger partial charge >= 0.3 is 5.97 Å². The largest absolute Gasteiger partial charge is 0.461 e. The van der Waals surface area contributed by atoms with Crippen LogP contribution in [-0.2, 0) is 25.7 Å². The van der Waals surface area contributed by atoms with Crippen molar-refractivity contribution in [2.75, 3.05) is 6.61 Å². The molecule has 2 aliphatic rings. The number of esters is 1. The summed E-state index contributed by atoms with van der Waals surface area (Å²) < 4.78 is 4.97. The van der Waals surface area contributed by atoms with E-state index in [1.165, 1.54) is 5.01 Å². The summed E-state index contributed by atoms with van der Waals surface area (Å²) in [6, 6.07) is 9.68. The molecule has 28 heavy (non-hydrogen) atoms. The smallest absolute Gasteiger partial charge is 0.354 e. The Balaban J connectivity index is 1.83. The molecule has 1 N–H and O–H groups in total. The molecule has 150 valence electrons. The Labute approximate surface area is 164 Å². The molecule has 0 bridgehead atoms. The van der Waals surface area contributed by atoms with Gasteiger partial charge in [0.2, 0.25) is 5.91 Å². The molecule has 0 unspecified atom stereocenters. The summed E-state index contributed by atoms with van der Waals surface area (Å²) in [6.07, 6.45) is 0.293. The van der Waals surface area contributed by atoms with Gasteiger partial charge in [-0.1, -0.05) is 30.3 Å². The number of imide groups is 1. The third-order valence-corrected chi connectivity index (χ3v) is 5.07. The summed E-state index contributed by atoms with van der Waals surface area (Å²) >= 11 is 0. The molecule has 0 aliphatic carbocycles. The number of hydrazone groups is 1. The zero-order chi connectivity index (χ0) is 20.5. The van der Waals surface area contributed by atoms with Gasteiger partial charge in [0, 0.05) is 24.9 Å². The fourth-order valence-corrected chi connectivity index (χ4v) is 3.50. The maximum Gasteiger partial charge on any atom is 0.354 e. The molecular formula is C20H26N4O4. The lowest BCUT2D eigenvalue weighted by molar-refractivity contribution is -0.165. The van der Waals surface area contributed by atoms with E-state index in [1.54, 1.807) is 18.9 Å². The maximum atomic E-state index is 13.4. The van der Waals surface area contributed by atoms with Crippen molar-refractivity contribution in [2.45, 2.75) is 58.2 Å². The number of carbonyl (C=O) groups is 3. The highest BCUT2D eigenvalue weighted by atomic mass is 16.5. The van der Waals surface area contributed by atoms with Gasteiger partial charge in [-0.3, -0.25) is 15.0 Å². The van der Waals surface area contributed by atoms with E-state index in [0.717, 1.165) is 5.56 Å². The second-order valence-electron chi connectivity index (χ2n) is 7.94. The molecule has 0 spiro atoms. The van der Waals surface area contributed by atoms with Crippen molar-refractivity contribution >= 4 is 23.5 Å². The average Bonchev–Trinajstić information content (AvgIpc) is 3.14. The highest BCUT2D eigenvalue weighted by Gasteiger charge is 2.53. The van der Waals surface area contributed by atoms with Crippen molar-refractivity contribution in [3.05, 3.63) is 35.9 Å².